The normalized spacial score (nSPS) is 14.2. The van der Waals surface area contributed by atoms with E-state index in [-0.39, 0.29) is 18.2 Å². The zero-order chi connectivity index (χ0) is 21.9. The zero-order valence-corrected chi connectivity index (χ0v) is 18.1. The minimum absolute atomic E-state index is 0.0549. The molecule has 0 aliphatic carbocycles. The zero-order valence-electron chi connectivity index (χ0n) is 18.1. The number of rotatable bonds is 10. The van der Waals surface area contributed by atoms with Gasteiger partial charge < -0.3 is 15.0 Å². The highest BCUT2D eigenvalue weighted by molar-refractivity contribution is 5.92. The first-order valence-electron chi connectivity index (χ1n) is 10.8. The summed E-state index contributed by atoms with van der Waals surface area (Å²) in [7, 11) is 0. The molecule has 2 heterocycles. The summed E-state index contributed by atoms with van der Waals surface area (Å²) in [6.07, 6.45) is 4.05. The molecule has 1 aliphatic heterocycles. The SMILES string of the molecule is Cc1cnc(C(=O)N(CCC(=O)NCCN2CCOCC2)CCc2ccccc2)cn1. The molecule has 0 spiro atoms. The molecule has 0 radical (unpaired) electrons. The lowest BCUT2D eigenvalue weighted by molar-refractivity contribution is -0.121. The summed E-state index contributed by atoms with van der Waals surface area (Å²) in [5.41, 5.74) is 2.20. The minimum atomic E-state index is -0.204. The number of aryl methyl sites for hydroxylation is 1. The van der Waals surface area contributed by atoms with E-state index in [1.807, 2.05) is 37.3 Å². The molecule has 166 valence electrons. The van der Waals surface area contributed by atoms with Crippen molar-refractivity contribution in [2.45, 2.75) is 19.8 Å². The lowest BCUT2D eigenvalue weighted by Gasteiger charge is -2.26. The summed E-state index contributed by atoms with van der Waals surface area (Å²) in [4.78, 5) is 37.7. The lowest BCUT2D eigenvalue weighted by atomic mass is 10.1. The van der Waals surface area contributed by atoms with Crippen LogP contribution in [0.15, 0.2) is 42.7 Å². The van der Waals surface area contributed by atoms with Gasteiger partial charge in [-0.25, -0.2) is 4.98 Å². The number of hydrogen-bond acceptors (Lipinski definition) is 6. The second kappa shape index (κ2) is 12.1. The highest BCUT2D eigenvalue weighted by atomic mass is 16.5. The molecule has 2 aromatic rings. The molecule has 1 fully saturated rings. The van der Waals surface area contributed by atoms with Crippen LogP contribution in [-0.4, -0.2) is 84.1 Å². The molecule has 0 unspecified atom stereocenters. The van der Waals surface area contributed by atoms with E-state index in [0.717, 1.165) is 44.1 Å². The van der Waals surface area contributed by atoms with E-state index in [9.17, 15) is 9.59 Å². The van der Waals surface area contributed by atoms with Gasteiger partial charge in [-0.15, -0.1) is 0 Å². The molecule has 0 bridgehead atoms. The van der Waals surface area contributed by atoms with E-state index in [4.69, 9.17) is 4.74 Å². The van der Waals surface area contributed by atoms with E-state index in [0.29, 0.717) is 31.7 Å². The van der Waals surface area contributed by atoms with Gasteiger partial charge in [-0.3, -0.25) is 19.5 Å². The fourth-order valence-corrected chi connectivity index (χ4v) is 3.39. The Morgan fingerprint density at radius 1 is 1.10 bits per heavy atom. The summed E-state index contributed by atoms with van der Waals surface area (Å²) in [5, 5.41) is 2.96. The number of morpholine rings is 1. The van der Waals surface area contributed by atoms with E-state index >= 15 is 0 Å². The minimum Gasteiger partial charge on any atom is -0.379 e. The van der Waals surface area contributed by atoms with Crippen LogP contribution in [0, 0.1) is 6.92 Å². The topological polar surface area (TPSA) is 87.7 Å². The predicted octanol–water partition coefficient (Wildman–Crippen LogP) is 1.31. The maximum atomic E-state index is 13.0. The number of ether oxygens (including phenoxy) is 1. The van der Waals surface area contributed by atoms with Crippen molar-refractivity contribution in [3.05, 3.63) is 59.7 Å². The number of carbonyl (C=O) groups is 2. The molecule has 1 N–H and O–H groups in total. The van der Waals surface area contributed by atoms with Crippen LogP contribution in [0.5, 0.6) is 0 Å². The van der Waals surface area contributed by atoms with E-state index in [2.05, 4.69) is 20.2 Å². The Morgan fingerprint density at radius 2 is 1.87 bits per heavy atom. The summed E-state index contributed by atoms with van der Waals surface area (Å²) < 4.78 is 5.34. The smallest absolute Gasteiger partial charge is 0.274 e. The third-order valence-electron chi connectivity index (χ3n) is 5.26. The number of benzene rings is 1. The highest BCUT2D eigenvalue weighted by Crippen LogP contribution is 2.07. The van der Waals surface area contributed by atoms with Crippen molar-refractivity contribution in [2.75, 3.05) is 52.5 Å². The summed E-state index contributed by atoms with van der Waals surface area (Å²) in [6.45, 7) is 7.37. The molecule has 1 aliphatic rings. The molecule has 1 saturated heterocycles. The second-order valence-electron chi connectivity index (χ2n) is 7.62. The third-order valence-corrected chi connectivity index (χ3v) is 5.26. The van der Waals surface area contributed by atoms with E-state index in [1.165, 1.54) is 6.20 Å². The van der Waals surface area contributed by atoms with Gasteiger partial charge in [-0.1, -0.05) is 30.3 Å². The van der Waals surface area contributed by atoms with Crippen LogP contribution < -0.4 is 5.32 Å². The fourth-order valence-electron chi connectivity index (χ4n) is 3.39. The standard InChI is InChI=1S/C23H31N5O3/c1-19-17-26-21(18-25-19)23(30)28(10-7-20-5-3-2-4-6-20)11-8-22(29)24-9-12-27-13-15-31-16-14-27/h2-6,17-18H,7-16H2,1H3,(H,24,29). The molecular weight excluding hydrogens is 394 g/mol. The van der Waals surface area contributed by atoms with Crippen LogP contribution >= 0.6 is 0 Å². The van der Waals surface area contributed by atoms with Crippen molar-refractivity contribution in [3.8, 4) is 0 Å². The van der Waals surface area contributed by atoms with Gasteiger partial charge in [0.25, 0.3) is 5.91 Å². The number of nitrogens with one attached hydrogen (secondary N) is 1. The van der Waals surface area contributed by atoms with Gasteiger partial charge in [0.1, 0.15) is 5.69 Å². The third kappa shape index (κ3) is 7.73. The number of carbonyl (C=O) groups excluding carboxylic acids is 2. The molecule has 1 aromatic heterocycles. The quantitative estimate of drug-likeness (QED) is 0.618. The van der Waals surface area contributed by atoms with Crippen molar-refractivity contribution in [1.29, 1.82) is 0 Å². The molecule has 8 nitrogen and oxygen atoms in total. The molecule has 31 heavy (non-hydrogen) atoms. The highest BCUT2D eigenvalue weighted by Gasteiger charge is 2.19. The van der Waals surface area contributed by atoms with Crippen LogP contribution in [0.4, 0.5) is 0 Å². The average Bonchev–Trinajstić information content (AvgIpc) is 2.80. The Morgan fingerprint density at radius 3 is 2.58 bits per heavy atom. The Labute approximate surface area is 183 Å². The maximum Gasteiger partial charge on any atom is 0.274 e. The van der Waals surface area contributed by atoms with Gasteiger partial charge in [0, 0.05) is 51.9 Å². The van der Waals surface area contributed by atoms with Gasteiger partial charge >= 0.3 is 0 Å². The van der Waals surface area contributed by atoms with E-state index in [1.54, 1.807) is 11.1 Å². The number of aromatic nitrogens is 2. The summed E-state index contributed by atoms with van der Waals surface area (Å²) in [5.74, 6) is -0.259. The second-order valence-corrected chi connectivity index (χ2v) is 7.62. The maximum absolute atomic E-state index is 13.0. The van der Waals surface area contributed by atoms with Gasteiger partial charge in [-0.05, 0) is 18.9 Å². The van der Waals surface area contributed by atoms with Crippen molar-refractivity contribution in [2.24, 2.45) is 0 Å². The predicted molar refractivity (Wildman–Crippen MR) is 118 cm³/mol. The summed E-state index contributed by atoms with van der Waals surface area (Å²) in [6, 6.07) is 10.00. The largest absolute Gasteiger partial charge is 0.379 e. The number of hydrogen-bond donors (Lipinski definition) is 1. The Bertz CT molecular complexity index is 823. The van der Waals surface area contributed by atoms with Gasteiger partial charge in [0.15, 0.2) is 0 Å². The molecule has 2 amide bonds. The van der Waals surface area contributed by atoms with Crippen molar-refractivity contribution in [1.82, 2.24) is 25.1 Å². The van der Waals surface area contributed by atoms with Crippen LogP contribution in [0.3, 0.4) is 0 Å². The van der Waals surface area contributed by atoms with Gasteiger partial charge in [0.2, 0.25) is 5.91 Å². The molecule has 0 atom stereocenters. The summed E-state index contributed by atoms with van der Waals surface area (Å²) >= 11 is 0. The van der Waals surface area contributed by atoms with Crippen molar-refractivity contribution in [3.63, 3.8) is 0 Å². The average molecular weight is 426 g/mol. The molecule has 3 rings (SSSR count). The first kappa shape index (κ1) is 22.8. The van der Waals surface area contributed by atoms with Crippen molar-refractivity contribution >= 4 is 11.8 Å². The van der Waals surface area contributed by atoms with Crippen LogP contribution in [-0.2, 0) is 16.0 Å². The van der Waals surface area contributed by atoms with Gasteiger partial charge in [0.05, 0.1) is 25.1 Å². The Hall–Kier alpha value is -2.84. The first-order chi connectivity index (χ1) is 15.1. The van der Waals surface area contributed by atoms with Crippen molar-refractivity contribution < 1.29 is 14.3 Å². The molecule has 8 heteroatoms. The fraction of sp³-hybridized carbons (Fsp3) is 0.478. The lowest BCUT2D eigenvalue weighted by Crippen LogP contribution is -2.42. The molecular formula is C23H31N5O3. The van der Waals surface area contributed by atoms with Crippen LogP contribution in [0.2, 0.25) is 0 Å². The monoisotopic (exact) mass is 425 g/mol. The van der Waals surface area contributed by atoms with E-state index < -0.39 is 0 Å². The Kier molecular flexibility index (Phi) is 8.93. The molecule has 1 aromatic carbocycles. The van der Waals surface area contributed by atoms with Gasteiger partial charge in [-0.2, -0.15) is 0 Å². The first-order valence-corrected chi connectivity index (χ1v) is 10.8. The Balaban J connectivity index is 1.51. The number of amides is 2. The van der Waals surface area contributed by atoms with Crippen LogP contribution in [0.1, 0.15) is 28.2 Å². The number of nitrogens with zero attached hydrogens (tertiary/aromatic N) is 4. The molecule has 0 saturated carbocycles. The van der Waals surface area contributed by atoms with Crippen LogP contribution in [0.25, 0.3) is 0 Å².